The molecule has 0 radical (unpaired) electrons. The van der Waals surface area contributed by atoms with Crippen LogP contribution in [0.4, 0.5) is 0 Å². The van der Waals surface area contributed by atoms with E-state index in [1.54, 1.807) is 0 Å². The van der Waals surface area contributed by atoms with E-state index in [2.05, 4.69) is 17.5 Å². The molecule has 0 aromatic heterocycles. The van der Waals surface area contributed by atoms with Crippen LogP contribution in [0.15, 0.2) is 12.2 Å². The first-order valence-corrected chi connectivity index (χ1v) is 15.7. The summed E-state index contributed by atoms with van der Waals surface area (Å²) in [6.45, 7) is 9.20. The van der Waals surface area contributed by atoms with Crippen LogP contribution in [0.5, 0.6) is 0 Å². The van der Waals surface area contributed by atoms with Crippen LogP contribution in [0.3, 0.4) is 0 Å². The summed E-state index contributed by atoms with van der Waals surface area (Å²) in [4.78, 5) is 11.9. The molecule has 0 aromatic rings. The number of ether oxygens (including phenoxy) is 10. The predicted molar refractivity (Wildman–Crippen MR) is 159 cm³/mol. The summed E-state index contributed by atoms with van der Waals surface area (Å²) in [6, 6.07) is 0. The third kappa shape index (κ3) is 30.6. The number of hydrogen-bond acceptors (Lipinski definition) is 12. The van der Waals surface area contributed by atoms with E-state index in [0.29, 0.717) is 125 Å². The second-order valence-corrected chi connectivity index (χ2v) is 9.50. The smallest absolute Gasteiger partial charge is 0.246 e. The van der Waals surface area contributed by atoms with Crippen molar-refractivity contribution >= 4 is 5.91 Å². The summed E-state index contributed by atoms with van der Waals surface area (Å²) >= 11 is 0. The zero-order valence-corrected chi connectivity index (χ0v) is 26.1. The lowest BCUT2D eigenvalue weighted by Gasteiger charge is -2.18. The van der Waals surface area contributed by atoms with Crippen LogP contribution in [0.2, 0.25) is 0 Å². The Morgan fingerprint density at radius 2 is 0.953 bits per heavy atom. The highest BCUT2D eigenvalue weighted by Crippen LogP contribution is 2.15. The molecule has 0 saturated heterocycles. The third-order valence-electron chi connectivity index (χ3n) is 5.95. The average molecular weight is 624 g/mol. The highest BCUT2D eigenvalue weighted by atomic mass is 16.6. The maximum absolute atomic E-state index is 11.9. The Labute approximate surface area is 257 Å². The van der Waals surface area contributed by atoms with Crippen molar-refractivity contribution in [3.8, 4) is 0 Å². The molecule has 0 spiro atoms. The highest BCUT2D eigenvalue weighted by Gasteiger charge is 2.11. The van der Waals surface area contributed by atoms with Crippen molar-refractivity contribution in [1.82, 2.24) is 5.32 Å². The number of allylic oxidation sites excluding steroid dienone is 2. The summed E-state index contributed by atoms with van der Waals surface area (Å²) in [5.74, 6) is -0.105. The standard InChI is InChI=1S/C30H57NO12/c32-9-11-35-13-15-37-17-19-39-21-23-41-25-27-42-26-24-40-22-20-38-18-16-36-14-12-34-10-8-31-30(33)28-43-29-6-4-2-1-3-5-7-29/h1-2,29,32H,3-28H2,(H,31,33)/b2-1+. The van der Waals surface area contributed by atoms with Gasteiger partial charge in [0.05, 0.1) is 132 Å². The van der Waals surface area contributed by atoms with E-state index >= 15 is 0 Å². The molecule has 13 heteroatoms. The normalized spacial score (nSPS) is 16.2. The van der Waals surface area contributed by atoms with Crippen LogP contribution >= 0.6 is 0 Å². The number of rotatable bonds is 32. The Morgan fingerprint density at radius 1 is 0.558 bits per heavy atom. The van der Waals surface area contributed by atoms with Crippen LogP contribution in [-0.2, 0) is 52.2 Å². The predicted octanol–water partition coefficient (Wildman–Crippen LogP) is 1.15. The molecule has 2 N–H and O–H groups in total. The van der Waals surface area contributed by atoms with E-state index in [1.807, 2.05) is 0 Å². The van der Waals surface area contributed by atoms with Crippen LogP contribution in [0.25, 0.3) is 0 Å². The molecule has 1 aliphatic carbocycles. The summed E-state index contributed by atoms with van der Waals surface area (Å²) < 4.78 is 54.3. The van der Waals surface area contributed by atoms with E-state index in [9.17, 15) is 4.79 Å². The molecular weight excluding hydrogens is 566 g/mol. The van der Waals surface area contributed by atoms with Gasteiger partial charge in [-0.05, 0) is 32.1 Å². The van der Waals surface area contributed by atoms with Crippen molar-refractivity contribution in [2.24, 2.45) is 0 Å². The molecule has 0 heterocycles. The number of nitrogens with one attached hydrogen (secondary N) is 1. The summed E-state index contributed by atoms with van der Waals surface area (Å²) in [5, 5.41) is 11.4. The minimum Gasteiger partial charge on any atom is -0.394 e. The van der Waals surface area contributed by atoms with Crippen molar-refractivity contribution in [3.05, 3.63) is 12.2 Å². The molecule has 1 aliphatic rings. The van der Waals surface area contributed by atoms with E-state index < -0.39 is 0 Å². The van der Waals surface area contributed by atoms with Gasteiger partial charge in [-0.2, -0.15) is 0 Å². The lowest BCUT2D eigenvalue weighted by atomic mass is 10.0. The number of aliphatic hydroxyl groups excluding tert-OH is 1. The number of aliphatic hydroxyl groups is 1. The molecule has 254 valence electrons. The van der Waals surface area contributed by atoms with Gasteiger partial charge in [-0.25, -0.2) is 0 Å². The zero-order valence-electron chi connectivity index (χ0n) is 26.1. The van der Waals surface area contributed by atoms with Crippen molar-refractivity contribution in [2.75, 3.05) is 139 Å². The van der Waals surface area contributed by atoms with Gasteiger partial charge in [0, 0.05) is 6.54 Å². The molecule has 0 bridgehead atoms. The summed E-state index contributed by atoms with van der Waals surface area (Å²) in [6.07, 6.45) is 9.78. The van der Waals surface area contributed by atoms with Gasteiger partial charge in [0.15, 0.2) is 0 Å². The van der Waals surface area contributed by atoms with Crippen LogP contribution in [0, 0.1) is 0 Å². The van der Waals surface area contributed by atoms with E-state index in [-0.39, 0.29) is 25.2 Å². The molecule has 1 atom stereocenters. The first-order chi connectivity index (χ1) is 21.3. The van der Waals surface area contributed by atoms with Crippen LogP contribution in [-0.4, -0.2) is 156 Å². The lowest BCUT2D eigenvalue weighted by Crippen LogP contribution is -2.32. The molecule has 0 aromatic carbocycles. The average Bonchev–Trinajstić information content (AvgIpc) is 2.99. The summed E-state index contributed by atoms with van der Waals surface area (Å²) in [7, 11) is 0. The van der Waals surface area contributed by atoms with E-state index in [0.717, 1.165) is 32.1 Å². The Morgan fingerprint density at radius 3 is 1.40 bits per heavy atom. The van der Waals surface area contributed by atoms with Gasteiger partial charge < -0.3 is 57.8 Å². The van der Waals surface area contributed by atoms with E-state index in [4.69, 9.17) is 52.5 Å². The Hall–Kier alpha value is -1.23. The van der Waals surface area contributed by atoms with Gasteiger partial charge in [-0.3, -0.25) is 4.79 Å². The Bertz CT molecular complexity index is 614. The Kier molecular flexibility index (Phi) is 31.1. The van der Waals surface area contributed by atoms with Crippen molar-refractivity contribution < 1.29 is 57.3 Å². The quantitative estimate of drug-likeness (QED) is 0.0820. The maximum atomic E-state index is 11.9. The van der Waals surface area contributed by atoms with Gasteiger partial charge >= 0.3 is 0 Å². The first-order valence-electron chi connectivity index (χ1n) is 15.7. The molecule has 13 nitrogen and oxygen atoms in total. The maximum Gasteiger partial charge on any atom is 0.246 e. The number of carbonyl (C=O) groups is 1. The molecule has 0 aliphatic heterocycles. The molecule has 43 heavy (non-hydrogen) atoms. The number of carbonyl (C=O) groups excluding carboxylic acids is 1. The zero-order chi connectivity index (χ0) is 30.7. The Balaban J connectivity index is 1.67. The minimum atomic E-state index is -0.105. The highest BCUT2D eigenvalue weighted by molar-refractivity contribution is 5.77. The SMILES string of the molecule is O=C(COC1CC/C=C/CCC1)NCCOCCOCCOCCOCCOCCOCCOCCOCCOCCO. The molecule has 1 rings (SSSR count). The number of amides is 1. The van der Waals surface area contributed by atoms with Crippen molar-refractivity contribution in [3.63, 3.8) is 0 Å². The van der Waals surface area contributed by atoms with Gasteiger partial charge in [0.25, 0.3) is 0 Å². The topological polar surface area (TPSA) is 142 Å². The molecular formula is C30H57NO12. The molecule has 0 fully saturated rings. The van der Waals surface area contributed by atoms with Crippen LogP contribution < -0.4 is 5.32 Å². The fourth-order valence-electron chi connectivity index (χ4n) is 3.73. The van der Waals surface area contributed by atoms with Gasteiger partial charge in [-0.15, -0.1) is 0 Å². The first kappa shape index (κ1) is 39.8. The monoisotopic (exact) mass is 623 g/mol. The van der Waals surface area contributed by atoms with Gasteiger partial charge in [0.2, 0.25) is 5.91 Å². The summed E-state index contributed by atoms with van der Waals surface area (Å²) in [5.41, 5.74) is 0. The van der Waals surface area contributed by atoms with Crippen molar-refractivity contribution in [1.29, 1.82) is 0 Å². The number of hydrogen-bond donors (Lipinski definition) is 2. The molecule has 1 amide bonds. The fourth-order valence-corrected chi connectivity index (χ4v) is 3.73. The van der Waals surface area contributed by atoms with Crippen LogP contribution in [0.1, 0.15) is 32.1 Å². The second kappa shape index (κ2) is 33.7. The largest absolute Gasteiger partial charge is 0.394 e. The molecule has 1 unspecified atom stereocenters. The third-order valence-corrected chi connectivity index (χ3v) is 5.95. The fraction of sp³-hybridized carbons (Fsp3) is 0.900. The van der Waals surface area contributed by atoms with Gasteiger partial charge in [0.1, 0.15) is 6.61 Å². The minimum absolute atomic E-state index is 0.0238. The van der Waals surface area contributed by atoms with Crippen molar-refractivity contribution in [2.45, 2.75) is 38.2 Å². The van der Waals surface area contributed by atoms with E-state index in [1.165, 1.54) is 0 Å². The lowest BCUT2D eigenvalue weighted by molar-refractivity contribution is -0.128. The molecule has 0 saturated carbocycles. The second-order valence-electron chi connectivity index (χ2n) is 9.50. The van der Waals surface area contributed by atoms with Gasteiger partial charge in [-0.1, -0.05) is 12.2 Å².